The Bertz CT molecular complexity index is 574. The lowest BCUT2D eigenvalue weighted by atomic mass is 9.64. The van der Waals surface area contributed by atoms with Gasteiger partial charge in [0.2, 0.25) is 0 Å². The molecule has 0 aliphatic heterocycles. The van der Waals surface area contributed by atoms with Crippen LogP contribution < -0.4 is 0 Å². The smallest absolute Gasteiger partial charge is 0.165 e. The van der Waals surface area contributed by atoms with Gasteiger partial charge < -0.3 is 0 Å². The highest BCUT2D eigenvalue weighted by Gasteiger charge is 2.51. The lowest BCUT2D eigenvalue weighted by Crippen LogP contribution is -2.36. The highest BCUT2D eigenvalue weighted by molar-refractivity contribution is 6.34. The molecule has 1 fully saturated rings. The first-order valence-corrected chi connectivity index (χ1v) is 7.05. The summed E-state index contributed by atoms with van der Waals surface area (Å²) in [7, 11) is 0. The monoisotopic (exact) mass is 258 g/mol. The molecule has 0 radical (unpaired) electrons. The molecule has 1 saturated carbocycles. The van der Waals surface area contributed by atoms with Crippen LogP contribution in [0.5, 0.6) is 0 Å². The minimum Gasteiger partial charge on any atom is -0.294 e. The number of carbonyl (C=O) groups is 1. The van der Waals surface area contributed by atoms with Gasteiger partial charge in [-0.05, 0) is 48.1 Å². The van der Waals surface area contributed by atoms with Crippen LogP contribution in [0.3, 0.4) is 0 Å². The number of Topliss-reactive ketones (excluding diaryl/α,β-unsaturated/α-hetero) is 1. The molecule has 18 heavy (non-hydrogen) atoms. The molecule has 0 N–H and O–H groups in total. The Balaban J connectivity index is 1.81. The van der Waals surface area contributed by atoms with Gasteiger partial charge in [0.25, 0.3) is 0 Å². The Labute approximate surface area is 112 Å². The minimum absolute atomic E-state index is 0.203. The zero-order valence-corrected chi connectivity index (χ0v) is 10.9. The lowest BCUT2D eigenvalue weighted by Gasteiger charge is -2.39. The number of halogens is 1. The number of hydrogen-bond donors (Lipinski definition) is 0. The number of rotatable bonds is 0. The van der Waals surface area contributed by atoms with Gasteiger partial charge in [-0.3, -0.25) is 4.79 Å². The van der Waals surface area contributed by atoms with E-state index in [4.69, 9.17) is 11.6 Å². The minimum atomic E-state index is 0.203. The molecule has 3 aliphatic carbocycles. The van der Waals surface area contributed by atoms with Crippen LogP contribution in [0.25, 0.3) is 0 Å². The third kappa shape index (κ3) is 1.31. The van der Waals surface area contributed by atoms with Crippen molar-refractivity contribution in [2.24, 2.45) is 17.3 Å². The van der Waals surface area contributed by atoms with Crippen LogP contribution >= 0.6 is 11.6 Å². The lowest BCUT2D eigenvalue weighted by molar-refractivity contribution is 0.0848. The zero-order chi connectivity index (χ0) is 12.3. The van der Waals surface area contributed by atoms with Gasteiger partial charge in [0.05, 0.1) is 5.02 Å². The van der Waals surface area contributed by atoms with Gasteiger partial charge in [0.15, 0.2) is 5.78 Å². The molecular weight excluding hydrogens is 244 g/mol. The Morgan fingerprint density at radius 1 is 1.22 bits per heavy atom. The SMILES string of the molecule is O=C1CC2(Cc3cccc(Cl)c31)CC1C=CC2C1. The Hall–Kier alpha value is -1.08. The number of fused-ring (bicyclic) bond motifs is 4. The number of benzene rings is 1. The molecule has 3 aliphatic rings. The van der Waals surface area contributed by atoms with E-state index in [1.165, 1.54) is 18.4 Å². The molecule has 3 atom stereocenters. The van der Waals surface area contributed by atoms with Crippen molar-refractivity contribution >= 4 is 17.4 Å². The largest absolute Gasteiger partial charge is 0.294 e. The molecule has 1 aromatic carbocycles. The molecule has 0 amide bonds. The third-order valence-electron chi connectivity index (χ3n) is 5.06. The van der Waals surface area contributed by atoms with Gasteiger partial charge in [-0.1, -0.05) is 35.9 Å². The van der Waals surface area contributed by atoms with E-state index in [1.807, 2.05) is 12.1 Å². The molecule has 2 bridgehead atoms. The van der Waals surface area contributed by atoms with Crippen LogP contribution in [0.4, 0.5) is 0 Å². The maximum absolute atomic E-state index is 12.4. The topological polar surface area (TPSA) is 17.1 Å². The fourth-order valence-corrected chi connectivity index (χ4v) is 4.64. The van der Waals surface area contributed by atoms with Crippen molar-refractivity contribution < 1.29 is 4.79 Å². The van der Waals surface area contributed by atoms with Crippen LogP contribution in [-0.2, 0) is 6.42 Å². The highest BCUT2D eigenvalue weighted by Crippen LogP contribution is 2.58. The van der Waals surface area contributed by atoms with E-state index in [2.05, 4.69) is 18.2 Å². The predicted molar refractivity (Wildman–Crippen MR) is 71.9 cm³/mol. The third-order valence-corrected chi connectivity index (χ3v) is 5.38. The van der Waals surface area contributed by atoms with E-state index in [9.17, 15) is 4.79 Å². The maximum atomic E-state index is 12.4. The first-order valence-electron chi connectivity index (χ1n) is 6.67. The fraction of sp³-hybridized carbons (Fsp3) is 0.438. The van der Waals surface area contributed by atoms with E-state index < -0.39 is 0 Å². The Kier molecular flexibility index (Phi) is 2.09. The quantitative estimate of drug-likeness (QED) is 0.642. The van der Waals surface area contributed by atoms with Crippen LogP contribution in [0.2, 0.25) is 5.02 Å². The summed E-state index contributed by atoms with van der Waals surface area (Å²) in [6, 6.07) is 5.88. The number of ketones is 1. The van der Waals surface area contributed by atoms with E-state index in [0.29, 0.717) is 23.3 Å². The van der Waals surface area contributed by atoms with Gasteiger partial charge in [-0.25, -0.2) is 0 Å². The second-order valence-corrected chi connectivity index (χ2v) is 6.51. The van der Waals surface area contributed by atoms with Gasteiger partial charge in [0.1, 0.15) is 0 Å². The summed E-state index contributed by atoms with van der Waals surface area (Å²) in [5.74, 6) is 1.57. The molecular formula is C16H15ClO. The van der Waals surface area contributed by atoms with Crippen molar-refractivity contribution in [2.75, 3.05) is 0 Å². The summed E-state index contributed by atoms with van der Waals surface area (Å²) in [5.41, 5.74) is 2.16. The molecule has 3 unspecified atom stereocenters. The number of allylic oxidation sites excluding steroid dienone is 2. The summed E-state index contributed by atoms with van der Waals surface area (Å²) in [6.07, 6.45) is 8.84. The summed E-state index contributed by atoms with van der Waals surface area (Å²) in [4.78, 5) is 12.4. The van der Waals surface area contributed by atoms with Crippen molar-refractivity contribution in [3.63, 3.8) is 0 Å². The van der Waals surface area contributed by atoms with Crippen molar-refractivity contribution in [2.45, 2.75) is 25.7 Å². The molecule has 0 saturated heterocycles. The Morgan fingerprint density at radius 3 is 2.83 bits per heavy atom. The molecule has 4 rings (SSSR count). The van der Waals surface area contributed by atoms with E-state index in [1.54, 1.807) is 0 Å². The van der Waals surface area contributed by atoms with E-state index in [-0.39, 0.29) is 11.2 Å². The van der Waals surface area contributed by atoms with Crippen molar-refractivity contribution in [3.05, 3.63) is 46.5 Å². The average molecular weight is 259 g/mol. The first kappa shape index (κ1) is 10.8. The number of hydrogen-bond acceptors (Lipinski definition) is 1. The molecule has 0 heterocycles. The molecule has 1 aromatic rings. The average Bonchev–Trinajstić information content (AvgIpc) is 2.88. The van der Waals surface area contributed by atoms with Crippen LogP contribution in [0, 0.1) is 17.3 Å². The fourth-order valence-electron chi connectivity index (χ4n) is 4.34. The molecule has 92 valence electrons. The summed E-state index contributed by atoms with van der Waals surface area (Å²) in [6.45, 7) is 0. The van der Waals surface area contributed by atoms with Crippen LogP contribution in [0.1, 0.15) is 35.2 Å². The second kappa shape index (κ2) is 3.48. The molecule has 2 heteroatoms. The summed E-state index contributed by atoms with van der Waals surface area (Å²) < 4.78 is 0. The zero-order valence-electron chi connectivity index (χ0n) is 10.2. The highest BCUT2D eigenvalue weighted by atomic mass is 35.5. The van der Waals surface area contributed by atoms with Gasteiger partial charge in [0, 0.05) is 12.0 Å². The summed E-state index contributed by atoms with van der Waals surface area (Å²) >= 11 is 6.18. The Morgan fingerprint density at radius 2 is 2.11 bits per heavy atom. The van der Waals surface area contributed by atoms with Crippen molar-refractivity contribution in [1.29, 1.82) is 0 Å². The van der Waals surface area contributed by atoms with Crippen molar-refractivity contribution in [3.8, 4) is 0 Å². The second-order valence-electron chi connectivity index (χ2n) is 6.10. The van der Waals surface area contributed by atoms with Crippen molar-refractivity contribution in [1.82, 2.24) is 0 Å². The van der Waals surface area contributed by atoms with Gasteiger partial charge >= 0.3 is 0 Å². The molecule has 1 spiro atoms. The van der Waals surface area contributed by atoms with Crippen LogP contribution in [0.15, 0.2) is 30.4 Å². The molecule has 1 nitrogen and oxygen atoms in total. The van der Waals surface area contributed by atoms with E-state index >= 15 is 0 Å². The van der Waals surface area contributed by atoms with Crippen LogP contribution in [-0.4, -0.2) is 5.78 Å². The standard InChI is InChI=1S/C16H15ClO/c17-13-3-1-2-11-8-16(9-14(18)15(11)13)7-10-4-5-12(16)6-10/h1-5,10,12H,6-9H2. The maximum Gasteiger partial charge on any atom is 0.165 e. The first-order chi connectivity index (χ1) is 8.68. The predicted octanol–water partition coefficient (Wildman–Crippen LogP) is 4.05. The molecule has 0 aromatic heterocycles. The summed E-state index contributed by atoms with van der Waals surface area (Å²) in [5, 5.41) is 0.631. The number of carbonyl (C=O) groups excluding carboxylic acids is 1. The normalized spacial score (nSPS) is 36.4. The van der Waals surface area contributed by atoms with E-state index in [0.717, 1.165) is 12.0 Å². The van der Waals surface area contributed by atoms with Gasteiger partial charge in [-0.15, -0.1) is 0 Å². The van der Waals surface area contributed by atoms with Gasteiger partial charge in [-0.2, -0.15) is 0 Å².